The summed E-state index contributed by atoms with van der Waals surface area (Å²) in [5.74, 6) is -0.676. The maximum Gasteiger partial charge on any atom is 0.515 e. The van der Waals surface area contributed by atoms with Crippen LogP contribution in [0.2, 0.25) is 0 Å². The number of nitrogens with zero attached hydrogens (tertiary/aromatic N) is 1. The molecular formula is C14H16N2O6S. The standard InChI is InChI=1S/C14H16N2O6S/c1-2-3-21-14(20)22-12-9(4-7-5-10(18)15-7)23-13-8(6-17)11(19)16(12)13/h2,7-8,13,17H,1,3-6H2,(H,15,18)/t7-,8+,13-/m1/s1. The van der Waals surface area contributed by atoms with E-state index in [2.05, 4.69) is 11.9 Å². The van der Waals surface area contributed by atoms with E-state index in [1.54, 1.807) is 0 Å². The number of amides is 2. The van der Waals surface area contributed by atoms with Crippen LogP contribution in [0.1, 0.15) is 12.8 Å². The van der Waals surface area contributed by atoms with Crippen LogP contribution in [0.25, 0.3) is 0 Å². The van der Waals surface area contributed by atoms with Gasteiger partial charge in [0.1, 0.15) is 12.0 Å². The van der Waals surface area contributed by atoms with Crippen molar-refractivity contribution >= 4 is 29.7 Å². The Morgan fingerprint density at radius 3 is 2.87 bits per heavy atom. The topological polar surface area (TPSA) is 105 Å². The number of rotatable bonds is 6. The van der Waals surface area contributed by atoms with E-state index in [9.17, 15) is 19.5 Å². The minimum atomic E-state index is -0.920. The zero-order valence-corrected chi connectivity index (χ0v) is 13.0. The van der Waals surface area contributed by atoms with Gasteiger partial charge >= 0.3 is 6.16 Å². The van der Waals surface area contributed by atoms with E-state index in [0.717, 1.165) is 0 Å². The van der Waals surface area contributed by atoms with Crippen molar-refractivity contribution in [3.8, 4) is 0 Å². The number of carbonyl (C=O) groups is 3. The van der Waals surface area contributed by atoms with Gasteiger partial charge in [0.15, 0.2) is 0 Å². The third kappa shape index (κ3) is 2.81. The van der Waals surface area contributed by atoms with Crippen LogP contribution < -0.4 is 5.32 Å². The molecule has 0 aromatic rings. The summed E-state index contributed by atoms with van der Waals surface area (Å²) in [5, 5.41) is 11.7. The average Bonchev–Trinajstić information content (AvgIpc) is 2.78. The third-order valence-corrected chi connectivity index (χ3v) is 5.20. The highest BCUT2D eigenvalue weighted by molar-refractivity contribution is 8.04. The van der Waals surface area contributed by atoms with E-state index in [1.165, 1.54) is 22.7 Å². The molecule has 0 unspecified atom stereocenters. The van der Waals surface area contributed by atoms with Crippen molar-refractivity contribution < 1.29 is 29.0 Å². The number of hydrogen-bond acceptors (Lipinski definition) is 7. The summed E-state index contributed by atoms with van der Waals surface area (Å²) in [6.45, 7) is 3.18. The second-order valence-corrected chi connectivity index (χ2v) is 6.57. The Kier molecular flexibility index (Phi) is 4.31. The van der Waals surface area contributed by atoms with Crippen LogP contribution in [-0.2, 0) is 19.1 Å². The van der Waals surface area contributed by atoms with Crippen molar-refractivity contribution in [2.75, 3.05) is 13.2 Å². The number of aliphatic hydroxyl groups is 1. The smallest absolute Gasteiger partial charge is 0.430 e. The highest BCUT2D eigenvalue weighted by Crippen LogP contribution is 2.51. The van der Waals surface area contributed by atoms with Crippen molar-refractivity contribution in [1.82, 2.24) is 10.2 Å². The zero-order chi connectivity index (χ0) is 16.6. The van der Waals surface area contributed by atoms with Gasteiger partial charge in [-0.05, 0) is 0 Å². The molecule has 0 bridgehead atoms. The van der Waals surface area contributed by atoms with Crippen molar-refractivity contribution in [3.05, 3.63) is 23.4 Å². The quantitative estimate of drug-likeness (QED) is 0.407. The van der Waals surface area contributed by atoms with Crippen molar-refractivity contribution in [2.24, 2.45) is 5.92 Å². The molecule has 2 saturated heterocycles. The van der Waals surface area contributed by atoms with Crippen molar-refractivity contribution in [1.29, 1.82) is 0 Å². The Morgan fingerprint density at radius 2 is 2.26 bits per heavy atom. The number of ether oxygens (including phenoxy) is 2. The molecule has 23 heavy (non-hydrogen) atoms. The minimum Gasteiger partial charge on any atom is -0.430 e. The molecule has 9 heteroatoms. The predicted molar refractivity (Wildman–Crippen MR) is 79.6 cm³/mol. The lowest BCUT2D eigenvalue weighted by molar-refractivity contribution is -0.152. The Labute approximate surface area is 136 Å². The monoisotopic (exact) mass is 340 g/mol. The van der Waals surface area contributed by atoms with Gasteiger partial charge in [-0.25, -0.2) is 4.79 Å². The van der Waals surface area contributed by atoms with Crippen LogP contribution in [0.15, 0.2) is 23.4 Å². The summed E-state index contributed by atoms with van der Waals surface area (Å²) < 4.78 is 9.96. The summed E-state index contributed by atoms with van der Waals surface area (Å²) >= 11 is 1.37. The highest BCUT2D eigenvalue weighted by atomic mass is 32.2. The van der Waals surface area contributed by atoms with Gasteiger partial charge in [0, 0.05) is 18.9 Å². The second-order valence-electron chi connectivity index (χ2n) is 5.36. The number of thioether (sulfide) groups is 1. The summed E-state index contributed by atoms with van der Waals surface area (Å²) in [7, 11) is 0. The summed E-state index contributed by atoms with van der Waals surface area (Å²) in [6, 6.07) is -0.0332. The lowest BCUT2D eigenvalue weighted by Gasteiger charge is -2.40. The average molecular weight is 340 g/mol. The van der Waals surface area contributed by atoms with E-state index in [-0.39, 0.29) is 42.3 Å². The first-order valence-corrected chi connectivity index (χ1v) is 8.01. The first-order valence-electron chi connectivity index (χ1n) is 7.13. The van der Waals surface area contributed by atoms with Crippen molar-refractivity contribution in [2.45, 2.75) is 24.3 Å². The fraction of sp³-hybridized carbons (Fsp3) is 0.500. The molecule has 3 aliphatic heterocycles. The van der Waals surface area contributed by atoms with Crippen molar-refractivity contribution in [3.63, 3.8) is 0 Å². The molecule has 0 saturated carbocycles. The SMILES string of the molecule is C=CCOC(=O)OC1=C(C[C@@H]2CC(=O)N2)S[C@@H]2[C@@H](CO)C(=O)N12. The van der Waals surface area contributed by atoms with E-state index in [0.29, 0.717) is 17.7 Å². The molecule has 0 radical (unpaired) electrons. The molecule has 2 fully saturated rings. The van der Waals surface area contributed by atoms with Crippen LogP contribution in [-0.4, -0.2) is 52.6 Å². The number of hydrogen-bond donors (Lipinski definition) is 2. The van der Waals surface area contributed by atoms with Crippen LogP contribution in [0.5, 0.6) is 0 Å². The maximum atomic E-state index is 12.0. The van der Waals surface area contributed by atoms with Crippen LogP contribution in [0.3, 0.4) is 0 Å². The van der Waals surface area contributed by atoms with Gasteiger partial charge in [0.05, 0.1) is 17.4 Å². The molecule has 3 aliphatic rings. The van der Waals surface area contributed by atoms with Gasteiger partial charge in [-0.1, -0.05) is 24.4 Å². The van der Waals surface area contributed by atoms with Gasteiger partial charge in [-0.15, -0.1) is 0 Å². The Morgan fingerprint density at radius 1 is 1.52 bits per heavy atom. The minimum absolute atomic E-state index is 0.00388. The van der Waals surface area contributed by atoms with Gasteiger partial charge in [-0.2, -0.15) is 0 Å². The van der Waals surface area contributed by atoms with Gasteiger partial charge in [0.25, 0.3) is 0 Å². The highest BCUT2D eigenvalue weighted by Gasteiger charge is 2.55. The molecule has 3 heterocycles. The first kappa shape index (κ1) is 15.9. The molecule has 0 aromatic carbocycles. The molecule has 2 N–H and O–H groups in total. The summed E-state index contributed by atoms with van der Waals surface area (Å²) in [6.07, 6.45) is 1.36. The summed E-state index contributed by atoms with van der Waals surface area (Å²) in [5.41, 5.74) is 0. The molecule has 3 atom stereocenters. The maximum absolute atomic E-state index is 12.0. The van der Waals surface area contributed by atoms with E-state index >= 15 is 0 Å². The zero-order valence-electron chi connectivity index (χ0n) is 12.2. The second kappa shape index (κ2) is 6.25. The van der Waals surface area contributed by atoms with Crippen LogP contribution in [0, 0.1) is 5.92 Å². The number of aliphatic hydroxyl groups excluding tert-OH is 1. The van der Waals surface area contributed by atoms with Crippen LogP contribution >= 0.6 is 11.8 Å². The predicted octanol–water partition coefficient (Wildman–Crippen LogP) is 0.297. The lowest BCUT2D eigenvalue weighted by Crippen LogP contribution is -2.58. The van der Waals surface area contributed by atoms with Gasteiger partial charge in [0.2, 0.25) is 17.7 Å². The van der Waals surface area contributed by atoms with Gasteiger partial charge in [-0.3, -0.25) is 14.5 Å². The molecule has 124 valence electrons. The molecule has 8 nitrogen and oxygen atoms in total. The Balaban J connectivity index is 1.73. The molecule has 0 spiro atoms. The number of fused-ring (bicyclic) bond motifs is 1. The largest absolute Gasteiger partial charge is 0.515 e. The van der Waals surface area contributed by atoms with E-state index in [1.807, 2.05) is 0 Å². The number of nitrogens with one attached hydrogen (secondary N) is 1. The molecule has 0 aromatic heterocycles. The molecule has 0 aliphatic carbocycles. The molecule has 2 amide bonds. The molecule has 3 rings (SSSR count). The summed E-state index contributed by atoms with van der Waals surface area (Å²) in [4.78, 5) is 36.8. The van der Waals surface area contributed by atoms with Gasteiger partial charge < -0.3 is 19.9 Å². The normalized spacial score (nSPS) is 28.6. The number of β-lactam (4-membered cyclic amide) rings is 2. The number of carbonyl (C=O) groups excluding carboxylic acids is 3. The van der Waals surface area contributed by atoms with E-state index < -0.39 is 12.1 Å². The fourth-order valence-electron chi connectivity index (χ4n) is 2.63. The van der Waals surface area contributed by atoms with E-state index in [4.69, 9.17) is 9.47 Å². The molecular weight excluding hydrogens is 324 g/mol. The fourth-order valence-corrected chi connectivity index (χ4v) is 4.13. The first-order chi connectivity index (χ1) is 11.0. The Bertz CT molecular complexity index is 596. The lowest BCUT2D eigenvalue weighted by atomic mass is 9.99. The van der Waals surface area contributed by atoms with Crippen LogP contribution in [0.4, 0.5) is 4.79 Å². The Hall–Kier alpha value is -2.00. The third-order valence-electron chi connectivity index (χ3n) is 3.80.